The van der Waals surface area contributed by atoms with Crippen LogP contribution in [0.2, 0.25) is 0 Å². The highest BCUT2D eigenvalue weighted by molar-refractivity contribution is 5.92. The number of furan rings is 1. The Morgan fingerprint density at radius 1 is 1.11 bits per heavy atom. The molecule has 0 aliphatic carbocycles. The Labute approximate surface area is 156 Å². The van der Waals surface area contributed by atoms with Crippen molar-refractivity contribution in [3.05, 3.63) is 42.2 Å². The zero-order valence-corrected chi connectivity index (χ0v) is 14.4. The Kier molecular flexibility index (Phi) is 5.07. The van der Waals surface area contributed by atoms with Gasteiger partial charge in [-0.3, -0.25) is 4.79 Å². The quantitative estimate of drug-likeness (QED) is 0.820. The number of aliphatic carboxylic acids is 1. The van der Waals surface area contributed by atoms with Crippen LogP contribution >= 0.6 is 0 Å². The average molecular weight is 399 g/mol. The SMILES string of the molecule is O=C(c1ccc(-c2ccccc2OC(F)(F)F)o1)N1CCC(O)(C(=O)O)CC1. The summed E-state index contributed by atoms with van der Waals surface area (Å²) in [4.78, 5) is 24.9. The smallest absolute Gasteiger partial charge is 0.479 e. The molecule has 2 aromatic rings. The second kappa shape index (κ2) is 7.19. The maximum Gasteiger partial charge on any atom is 0.573 e. The van der Waals surface area contributed by atoms with Crippen molar-refractivity contribution in [3.8, 4) is 17.1 Å². The summed E-state index contributed by atoms with van der Waals surface area (Å²) in [5, 5.41) is 18.9. The third-order valence-electron chi connectivity index (χ3n) is 4.47. The third-order valence-corrected chi connectivity index (χ3v) is 4.47. The topological polar surface area (TPSA) is 100 Å². The molecule has 1 aromatic carbocycles. The van der Waals surface area contributed by atoms with Gasteiger partial charge in [0.15, 0.2) is 11.4 Å². The summed E-state index contributed by atoms with van der Waals surface area (Å²) in [6.45, 7) is 0.0108. The highest BCUT2D eigenvalue weighted by atomic mass is 19.4. The number of alkyl halides is 3. The van der Waals surface area contributed by atoms with E-state index in [1.807, 2.05) is 0 Å². The number of likely N-dealkylation sites (tertiary alicyclic amines) is 1. The fraction of sp³-hybridized carbons (Fsp3) is 0.333. The molecule has 1 fully saturated rings. The Morgan fingerprint density at radius 2 is 1.75 bits per heavy atom. The minimum atomic E-state index is -4.88. The molecular formula is C18H16F3NO6. The summed E-state index contributed by atoms with van der Waals surface area (Å²) in [6.07, 6.45) is -5.15. The molecule has 1 amide bonds. The Balaban J connectivity index is 1.77. The number of hydrogen-bond donors (Lipinski definition) is 2. The molecule has 1 aliphatic heterocycles. The lowest BCUT2D eigenvalue weighted by atomic mass is 9.91. The van der Waals surface area contributed by atoms with Crippen molar-refractivity contribution in [2.24, 2.45) is 0 Å². The zero-order chi connectivity index (χ0) is 20.5. The number of amides is 1. The summed E-state index contributed by atoms with van der Waals surface area (Å²) >= 11 is 0. The number of carboxylic acid groups (broad SMARTS) is 1. The average Bonchev–Trinajstić information content (AvgIpc) is 3.10. The van der Waals surface area contributed by atoms with Crippen molar-refractivity contribution in [2.75, 3.05) is 13.1 Å². The number of nitrogens with zero attached hydrogens (tertiary/aromatic N) is 1. The minimum Gasteiger partial charge on any atom is -0.479 e. The standard InChI is InChI=1S/C18H16F3NO6/c19-18(20,21)28-13-4-2-1-3-11(13)12-5-6-14(27-12)15(23)22-9-7-17(26,8-10-22)16(24)25/h1-6,26H,7-10H2,(H,24,25). The summed E-state index contributed by atoms with van der Waals surface area (Å²) in [5.41, 5.74) is -1.85. The normalized spacial score (nSPS) is 16.6. The molecule has 2 N–H and O–H groups in total. The molecular weight excluding hydrogens is 383 g/mol. The van der Waals surface area contributed by atoms with E-state index in [9.17, 15) is 27.9 Å². The van der Waals surface area contributed by atoms with Crippen molar-refractivity contribution >= 4 is 11.9 Å². The first-order valence-electron chi connectivity index (χ1n) is 8.29. The molecule has 150 valence electrons. The summed E-state index contributed by atoms with van der Waals surface area (Å²) in [6, 6.07) is 8.03. The second-order valence-electron chi connectivity index (χ2n) is 6.34. The molecule has 7 nitrogen and oxygen atoms in total. The molecule has 0 unspecified atom stereocenters. The summed E-state index contributed by atoms with van der Waals surface area (Å²) < 4.78 is 47.1. The lowest BCUT2D eigenvalue weighted by Crippen LogP contribution is -2.50. The predicted molar refractivity (Wildman–Crippen MR) is 88.6 cm³/mol. The van der Waals surface area contributed by atoms with Crippen LogP contribution in [0.4, 0.5) is 13.2 Å². The lowest BCUT2D eigenvalue weighted by molar-refractivity contribution is -0.274. The third kappa shape index (κ3) is 4.11. The highest BCUT2D eigenvalue weighted by Crippen LogP contribution is 2.35. The molecule has 1 aromatic heterocycles. The number of hydrogen-bond acceptors (Lipinski definition) is 5. The number of carbonyl (C=O) groups excluding carboxylic acids is 1. The minimum absolute atomic E-state index is 0.00540. The van der Waals surface area contributed by atoms with Crippen LogP contribution < -0.4 is 4.74 Å². The fourth-order valence-electron chi connectivity index (χ4n) is 2.93. The number of piperidine rings is 1. The fourth-order valence-corrected chi connectivity index (χ4v) is 2.93. The van der Waals surface area contributed by atoms with E-state index in [0.717, 1.165) is 6.07 Å². The van der Waals surface area contributed by atoms with E-state index in [1.54, 1.807) is 0 Å². The van der Waals surface area contributed by atoms with Crippen molar-refractivity contribution in [1.82, 2.24) is 4.90 Å². The number of halogens is 3. The molecule has 10 heteroatoms. The molecule has 0 atom stereocenters. The van der Waals surface area contributed by atoms with Gasteiger partial charge in [0.2, 0.25) is 0 Å². The van der Waals surface area contributed by atoms with Crippen molar-refractivity contribution < 1.29 is 42.1 Å². The van der Waals surface area contributed by atoms with Gasteiger partial charge in [-0.05, 0) is 24.3 Å². The molecule has 28 heavy (non-hydrogen) atoms. The zero-order valence-electron chi connectivity index (χ0n) is 14.4. The molecule has 3 rings (SSSR count). The maximum atomic E-state index is 12.6. The van der Waals surface area contributed by atoms with Gasteiger partial charge >= 0.3 is 12.3 Å². The van der Waals surface area contributed by atoms with E-state index < -0.39 is 29.6 Å². The number of ether oxygens (including phenoxy) is 1. The number of rotatable bonds is 4. The first-order valence-corrected chi connectivity index (χ1v) is 8.29. The van der Waals surface area contributed by atoms with E-state index in [0.29, 0.717) is 0 Å². The number of benzene rings is 1. The summed E-state index contributed by atoms with van der Waals surface area (Å²) in [5.74, 6) is -2.46. The van der Waals surface area contributed by atoms with Crippen LogP contribution in [-0.2, 0) is 4.79 Å². The van der Waals surface area contributed by atoms with Gasteiger partial charge < -0.3 is 24.3 Å². The van der Waals surface area contributed by atoms with Crippen LogP contribution in [0.15, 0.2) is 40.8 Å². The molecule has 1 saturated heterocycles. The van der Waals surface area contributed by atoms with Crippen LogP contribution in [0.3, 0.4) is 0 Å². The number of aliphatic hydroxyl groups is 1. The van der Waals surface area contributed by atoms with Gasteiger partial charge in [0.05, 0.1) is 5.56 Å². The van der Waals surface area contributed by atoms with E-state index >= 15 is 0 Å². The predicted octanol–water partition coefficient (Wildman–Crippen LogP) is 2.90. The number of carbonyl (C=O) groups is 2. The monoisotopic (exact) mass is 399 g/mol. The van der Waals surface area contributed by atoms with Crippen LogP contribution in [0.5, 0.6) is 5.75 Å². The van der Waals surface area contributed by atoms with Crippen molar-refractivity contribution in [2.45, 2.75) is 24.8 Å². The van der Waals surface area contributed by atoms with Crippen molar-refractivity contribution in [3.63, 3.8) is 0 Å². The van der Waals surface area contributed by atoms with E-state index in [4.69, 9.17) is 9.52 Å². The molecule has 0 radical (unpaired) electrons. The number of para-hydroxylation sites is 1. The lowest BCUT2D eigenvalue weighted by Gasteiger charge is -2.34. The second-order valence-corrected chi connectivity index (χ2v) is 6.34. The molecule has 2 heterocycles. The molecule has 1 aliphatic rings. The maximum absolute atomic E-state index is 12.6. The first-order chi connectivity index (χ1) is 13.1. The summed E-state index contributed by atoms with van der Waals surface area (Å²) in [7, 11) is 0. The van der Waals surface area contributed by atoms with Gasteiger partial charge in [-0.25, -0.2) is 4.79 Å². The van der Waals surface area contributed by atoms with E-state index in [1.165, 1.54) is 35.2 Å². The number of carboxylic acids is 1. The van der Waals surface area contributed by atoms with Crippen LogP contribution in [0.25, 0.3) is 11.3 Å². The Hall–Kier alpha value is -3.01. The van der Waals surface area contributed by atoms with Crippen molar-refractivity contribution in [1.29, 1.82) is 0 Å². The molecule has 0 bridgehead atoms. The molecule has 0 saturated carbocycles. The van der Waals surface area contributed by atoms with E-state index in [2.05, 4.69) is 4.74 Å². The van der Waals surface area contributed by atoms with Crippen LogP contribution in [0, 0.1) is 0 Å². The largest absolute Gasteiger partial charge is 0.573 e. The van der Waals surface area contributed by atoms with Crippen LogP contribution in [-0.4, -0.2) is 52.0 Å². The van der Waals surface area contributed by atoms with Gasteiger partial charge in [0, 0.05) is 25.9 Å². The van der Waals surface area contributed by atoms with Gasteiger partial charge in [-0.2, -0.15) is 0 Å². The van der Waals surface area contributed by atoms with Crippen LogP contribution in [0.1, 0.15) is 23.4 Å². The van der Waals surface area contributed by atoms with Gasteiger partial charge in [0.1, 0.15) is 11.5 Å². The van der Waals surface area contributed by atoms with Gasteiger partial charge in [0.25, 0.3) is 5.91 Å². The van der Waals surface area contributed by atoms with Gasteiger partial charge in [-0.1, -0.05) is 12.1 Å². The highest BCUT2D eigenvalue weighted by Gasteiger charge is 2.41. The first kappa shape index (κ1) is 19.7. The Bertz CT molecular complexity index is 883. The van der Waals surface area contributed by atoms with Gasteiger partial charge in [-0.15, -0.1) is 13.2 Å². The molecule has 0 spiro atoms. The van der Waals surface area contributed by atoms with E-state index in [-0.39, 0.29) is 43.0 Å². The Morgan fingerprint density at radius 3 is 2.36 bits per heavy atom.